The lowest BCUT2D eigenvalue weighted by molar-refractivity contribution is -0.122. The van der Waals surface area contributed by atoms with Crippen LogP contribution in [0.4, 0.5) is 10.5 Å². The number of benzene rings is 3. The second kappa shape index (κ2) is 10.3. The summed E-state index contributed by atoms with van der Waals surface area (Å²) in [5, 5.41) is 3.54. The molecule has 0 aromatic heterocycles. The van der Waals surface area contributed by atoms with Gasteiger partial charge in [0, 0.05) is 20.6 Å². The third-order valence-corrected chi connectivity index (χ3v) is 6.13. The minimum atomic E-state index is -0.883. The number of urea groups is 1. The molecule has 1 saturated heterocycles. The number of anilines is 1. The van der Waals surface area contributed by atoms with Crippen LogP contribution in [0.5, 0.6) is 5.75 Å². The molecular formula is C25H16Cl4N2O4. The molecule has 0 bridgehead atoms. The number of ether oxygens (including phenoxy) is 1. The maximum atomic E-state index is 13.3. The van der Waals surface area contributed by atoms with Gasteiger partial charge in [-0.1, -0.05) is 64.6 Å². The Morgan fingerprint density at radius 1 is 0.886 bits per heavy atom. The molecule has 4 rings (SSSR count). The molecule has 4 amide bonds. The van der Waals surface area contributed by atoms with E-state index in [0.29, 0.717) is 15.6 Å². The average molecular weight is 550 g/mol. The molecule has 6 nitrogen and oxygen atoms in total. The fourth-order valence-corrected chi connectivity index (χ4v) is 4.29. The zero-order valence-corrected chi connectivity index (χ0v) is 21.1. The number of halogens is 4. The molecular weight excluding hydrogens is 534 g/mol. The normalized spacial score (nSPS) is 14.9. The molecule has 35 heavy (non-hydrogen) atoms. The summed E-state index contributed by atoms with van der Waals surface area (Å²) in [4.78, 5) is 39.4. The highest BCUT2D eigenvalue weighted by Crippen LogP contribution is 2.36. The topological polar surface area (TPSA) is 75.7 Å². The molecule has 0 unspecified atom stereocenters. The van der Waals surface area contributed by atoms with Crippen LogP contribution in [0.3, 0.4) is 0 Å². The van der Waals surface area contributed by atoms with Crippen molar-refractivity contribution in [3.05, 3.63) is 97.0 Å². The van der Waals surface area contributed by atoms with Gasteiger partial charge in [-0.25, -0.2) is 9.69 Å². The van der Waals surface area contributed by atoms with Crippen LogP contribution < -0.4 is 15.0 Å². The lowest BCUT2D eigenvalue weighted by Gasteiger charge is -2.27. The Morgan fingerprint density at radius 3 is 2.29 bits per heavy atom. The number of aryl methyl sites for hydroxylation is 1. The number of carbonyl (C=O) groups is 3. The van der Waals surface area contributed by atoms with Crippen molar-refractivity contribution in [1.29, 1.82) is 0 Å². The van der Waals surface area contributed by atoms with E-state index >= 15 is 0 Å². The first-order valence-electron chi connectivity index (χ1n) is 10.2. The van der Waals surface area contributed by atoms with Crippen LogP contribution >= 0.6 is 46.4 Å². The van der Waals surface area contributed by atoms with Crippen LogP contribution in [0.2, 0.25) is 20.1 Å². The molecule has 1 fully saturated rings. The Morgan fingerprint density at radius 2 is 1.57 bits per heavy atom. The predicted octanol–water partition coefficient (Wildman–Crippen LogP) is 6.85. The van der Waals surface area contributed by atoms with E-state index < -0.39 is 17.8 Å². The Kier molecular flexibility index (Phi) is 7.38. The fourth-order valence-electron chi connectivity index (χ4n) is 3.43. The fraction of sp³-hybridized carbons (Fsp3) is 0.0800. The predicted molar refractivity (Wildman–Crippen MR) is 137 cm³/mol. The summed E-state index contributed by atoms with van der Waals surface area (Å²) in [6, 6.07) is 13.9. The first-order chi connectivity index (χ1) is 16.6. The van der Waals surface area contributed by atoms with Gasteiger partial charge in [0.05, 0.1) is 10.7 Å². The summed E-state index contributed by atoms with van der Waals surface area (Å²) >= 11 is 24.6. The van der Waals surface area contributed by atoms with E-state index in [-0.39, 0.29) is 39.2 Å². The number of rotatable bonds is 5. The van der Waals surface area contributed by atoms with Gasteiger partial charge in [-0.15, -0.1) is 0 Å². The molecule has 3 aromatic carbocycles. The van der Waals surface area contributed by atoms with Crippen LogP contribution in [0.1, 0.15) is 16.7 Å². The first-order valence-corrected chi connectivity index (χ1v) is 11.7. The van der Waals surface area contributed by atoms with Crippen molar-refractivity contribution in [2.45, 2.75) is 13.5 Å². The molecule has 0 radical (unpaired) electrons. The van der Waals surface area contributed by atoms with Gasteiger partial charge in [0.15, 0.2) is 0 Å². The Balaban J connectivity index is 1.73. The summed E-state index contributed by atoms with van der Waals surface area (Å²) in [7, 11) is 0. The van der Waals surface area contributed by atoms with Gasteiger partial charge in [0.1, 0.15) is 17.9 Å². The summed E-state index contributed by atoms with van der Waals surface area (Å²) in [6.07, 6.45) is 1.28. The van der Waals surface area contributed by atoms with E-state index in [1.807, 2.05) is 0 Å². The van der Waals surface area contributed by atoms with Crippen LogP contribution in [-0.2, 0) is 16.2 Å². The smallest absolute Gasteiger partial charge is 0.335 e. The summed E-state index contributed by atoms with van der Waals surface area (Å²) in [6.45, 7) is 1.85. The highest BCUT2D eigenvalue weighted by Gasteiger charge is 2.37. The zero-order valence-electron chi connectivity index (χ0n) is 18.1. The molecule has 178 valence electrons. The van der Waals surface area contributed by atoms with Crippen molar-refractivity contribution >= 4 is 76.0 Å². The van der Waals surface area contributed by atoms with Gasteiger partial charge in [-0.2, -0.15) is 0 Å². The maximum Gasteiger partial charge on any atom is 0.335 e. The SMILES string of the molecule is Cc1ccc(Cl)cc1N1C(=O)NC(=O)/C(=C\c2cc(Cl)cc(Cl)c2OCc2ccc(Cl)cc2)C1=O. The molecule has 0 aliphatic carbocycles. The molecule has 10 heteroatoms. The molecule has 0 saturated carbocycles. The van der Waals surface area contributed by atoms with Gasteiger partial charge in [0.25, 0.3) is 11.8 Å². The number of hydrogen-bond donors (Lipinski definition) is 1. The molecule has 1 aliphatic rings. The number of carbonyl (C=O) groups excluding carboxylic acids is 3. The third-order valence-electron chi connectivity index (χ3n) is 5.15. The summed E-state index contributed by atoms with van der Waals surface area (Å²) in [5.41, 5.74) is 1.66. The van der Waals surface area contributed by atoms with Gasteiger partial charge in [0.2, 0.25) is 0 Å². The van der Waals surface area contributed by atoms with Gasteiger partial charge in [-0.3, -0.25) is 14.9 Å². The van der Waals surface area contributed by atoms with Crippen molar-refractivity contribution in [2.75, 3.05) is 4.90 Å². The zero-order chi connectivity index (χ0) is 25.3. The Bertz CT molecular complexity index is 1390. The second-order valence-corrected chi connectivity index (χ2v) is 9.33. The Hall–Kier alpha value is -3.03. The minimum absolute atomic E-state index is 0.140. The monoisotopic (exact) mass is 548 g/mol. The second-order valence-electron chi connectivity index (χ2n) is 7.61. The highest BCUT2D eigenvalue weighted by atomic mass is 35.5. The quantitative estimate of drug-likeness (QED) is 0.279. The molecule has 0 spiro atoms. The molecule has 1 heterocycles. The average Bonchev–Trinajstić information content (AvgIpc) is 2.79. The molecule has 1 N–H and O–H groups in total. The van der Waals surface area contributed by atoms with Gasteiger partial charge < -0.3 is 4.74 Å². The molecule has 3 aromatic rings. The first kappa shape index (κ1) is 25.1. The van der Waals surface area contributed by atoms with Gasteiger partial charge >= 0.3 is 6.03 Å². The molecule has 0 atom stereocenters. The van der Waals surface area contributed by atoms with Crippen LogP contribution in [-0.4, -0.2) is 17.8 Å². The van der Waals surface area contributed by atoms with Crippen molar-refractivity contribution in [3.8, 4) is 5.75 Å². The van der Waals surface area contributed by atoms with E-state index in [2.05, 4.69) is 5.32 Å². The standard InChI is InChI=1S/C25H16Cl4N2O4/c1-13-2-5-17(27)11-21(13)31-24(33)19(23(32)30-25(31)34)9-15-8-18(28)10-20(29)22(15)35-12-14-3-6-16(26)7-4-14/h2-11H,12H2,1H3,(H,30,32,34)/b19-9+. The van der Waals surface area contributed by atoms with E-state index in [9.17, 15) is 14.4 Å². The number of nitrogens with zero attached hydrogens (tertiary/aromatic N) is 1. The lowest BCUT2D eigenvalue weighted by atomic mass is 10.0. The minimum Gasteiger partial charge on any atom is -0.487 e. The number of hydrogen-bond acceptors (Lipinski definition) is 4. The largest absolute Gasteiger partial charge is 0.487 e. The number of amides is 4. The van der Waals surface area contributed by atoms with E-state index in [1.54, 1.807) is 43.3 Å². The Labute approximate surface area is 221 Å². The molecule has 1 aliphatic heterocycles. The van der Waals surface area contributed by atoms with E-state index in [1.165, 1.54) is 24.3 Å². The van der Waals surface area contributed by atoms with E-state index in [0.717, 1.165) is 10.5 Å². The van der Waals surface area contributed by atoms with Gasteiger partial charge in [-0.05, 0) is 60.5 Å². The van der Waals surface area contributed by atoms with Crippen molar-refractivity contribution in [3.63, 3.8) is 0 Å². The number of barbiturate groups is 1. The third kappa shape index (κ3) is 5.46. The van der Waals surface area contributed by atoms with Crippen molar-refractivity contribution in [2.24, 2.45) is 0 Å². The van der Waals surface area contributed by atoms with Crippen LogP contribution in [0, 0.1) is 6.92 Å². The van der Waals surface area contributed by atoms with Crippen LogP contribution in [0.25, 0.3) is 6.08 Å². The number of imide groups is 2. The lowest BCUT2D eigenvalue weighted by Crippen LogP contribution is -2.54. The highest BCUT2D eigenvalue weighted by molar-refractivity contribution is 6.40. The summed E-state index contributed by atoms with van der Waals surface area (Å²) < 4.78 is 5.91. The van der Waals surface area contributed by atoms with Crippen molar-refractivity contribution in [1.82, 2.24) is 5.32 Å². The number of nitrogens with one attached hydrogen (secondary N) is 1. The summed E-state index contributed by atoms with van der Waals surface area (Å²) in [5.74, 6) is -1.49. The maximum absolute atomic E-state index is 13.3. The van der Waals surface area contributed by atoms with Crippen molar-refractivity contribution < 1.29 is 19.1 Å². The van der Waals surface area contributed by atoms with E-state index in [4.69, 9.17) is 51.1 Å². The van der Waals surface area contributed by atoms with Crippen LogP contribution in [0.15, 0.2) is 60.2 Å².